The Morgan fingerprint density at radius 3 is 2.28 bits per heavy atom. The monoisotopic (exact) mass is 598 g/mol. The largest absolute Gasteiger partial charge is 0.497 e. The molecule has 43 heavy (non-hydrogen) atoms. The highest BCUT2D eigenvalue weighted by atomic mass is 32.2. The fourth-order valence-electron chi connectivity index (χ4n) is 4.29. The third-order valence-electron chi connectivity index (χ3n) is 6.48. The van der Waals surface area contributed by atoms with Gasteiger partial charge in [-0.1, -0.05) is 24.3 Å². The van der Waals surface area contributed by atoms with Crippen LogP contribution in [0.2, 0.25) is 0 Å². The number of carbonyl (C=O) groups excluding carboxylic acids is 1. The Balaban J connectivity index is 1.45. The van der Waals surface area contributed by atoms with Gasteiger partial charge in [-0.25, -0.2) is 18.4 Å². The van der Waals surface area contributed by atoms with Gasteiger partial charge in [-0.3, -0.25) is 9.52 Å². The van der Waals surface area contributed by atoms with Gasteiger partial charge in [-0.15, -0.1) is 0 Å². The van der Waals surface area contributed by atoms with Crippen LogP contribution in [0.3, 0.4) is 0 Å². The first kappa shape index (κ1) is 29.3. The molecule has 4 N–H and O–H groups in total. The number of sulfonamides is 1. The number of anilines is 5. The molecule has 220 valence electrons. The van der Waals surface area contributed by atoms with Gasteiger partial charge in [0.15, 0.2) is 11.6 Å². The molecule has 0 radical (unpaired) electrons. The van der Waals surface area contributed by atoms with Gasteiger partial charge in [0.05, 0.1) is 29.6 Å². The lowest BCUT2D eigenvalue weighted by Gasteiger charge is -2.15. The van der Waals surface area contributed by atoms with Crippen LogP contribution in [0.4, 0.5) is 28.7 Å². The summed E-state index contributed by atoms with van der Waals surface area (Å²) < 4.78 is 35.1. The summed E-state index contributed by atoms with van der Waals surface area (Å²) in [6.45, 7) is -0.220. The van der Waals surface area contributed by atoms with E-state index >= 15 is 0 Å². The molecule has 0 spiro atoms. The Morgan fingerprint density at radius 1 is 0.860 bits per heavy atom. The van der Waals surface area contributed by atoms with Gasteiger partial charge in [0, 0.05) is 42.8 Å². The van der Waals surface area contributed by atoms with E-state index in [1.807, 2.05) is 25.1 Å². The number of para-hydroxylation sites is 2. The molecule has 0 saturated heterocycles. The number of carbonyl (C=O) groups is 1. The van der Waals surface area contributed by atoms with Gasteiger partial charge in [0.1, 0.15) is 5.75 Å². The van der Waals surface area contributed by atoms with Crippen LogP contribution in [0.25, 0.3) is 11.0 Å². The number of nitrogens with one attached hydrogen (secondary N) is 3. The van der Waals surface area contributed by atoms with Crippen LogP contribution >= 0.6 is 0 Å². The van der Waals surface area contributed by atoms with Crippen molar-refractivity contribution in [3.05, 3.63) is 102 Å². The van der Waals surface area contributed by atoms with Gasteiger partial charge in [-0.05, 0) is 66.2 Å². The summed E-state index contributed by atoms with van der Waals surface area (Å²) in [5.74, 6) is 0.225. The maximum atomic E-state index is 13.6. The highest BCUT2D eigenvalue weighted by Gasteiger charge is 2.20. The minimum atomic E-state index is -4.18. The molecule has 5 aromatic rings. The smallest absolute Gasteiger partial charge is 0.263 e. The van der Waals surface area contributed by atoms with Crippen LogP contribution in [-0.2, 0) is 16.6 Å². The molecule has 1 amide bonds. The number of ether oxygens (including phenoxy) is 1. The highest BCUT2D eigenvalue weighted by molar-refractivity contribution is 7.92. The van der Waals surface area contributed by atoms with Crippen molar-refractivity contribution in [1.29, 1.82) is 0 Å². The quantitative estimate of drug-likeness (QED) is 0.175. The Labute approximate surface area is 249 Å². The van der Waals surface area contributed by atoms with Crippen LogP contribution in [0.1, 0.15) is 15.9 Å². The van der Waals surface area contributed by atoms with E-state index < -0.39 is 10.0 Å². The summed E-state index contributed by atoms with van der Waals surface area (Å²) in [6, 6.07) is 25.2. The summed E-state index contributed by atoms with van der Waals surface area (Å²) in [6.07, 6.45) is 0. The van der Waals surface area contributed by atoms with Crippen molar-refractivity contribution in [2.75, 3.05) is 41.5 Å². The Bertz CT molecular complexity index is 1890. The van der Waals surface area contributed by atoms with Crippen molar-refractivity contribution < 1.29 is 23.1 Å². The maximum Gasteiger partial charge on any atom is 0.263 e. The first-order chi connectivity index (χ1) is 20.6. The minimum absolute atomic E-state index is 0.0398. The summed E-state index contributed by atoms with van der Waals surface area (Å²) in [5, 5.41) is 15.5. The van der Waals surface area contributed by atoms with Gasteiger partial charge >= 0.3 is 0 Å². The summed E-state index contributed by atoms with van der Waals surface area (Å²) in [7, 11) is 1.08. The molecule has 11 nitrogen and oxygen atoms in total. The fourth-order valence-corrected chi connectivity index (χ4v) is 5.35. The van der Waals surface area contributed by atoms with Crippen molar-refractivity contribution in [3.63, 3.8) is 0 Å². The standard InChI is InChI=1S/C31H30N6O5S/c1-37(2)24-10-6-8-21(16-24)31(39)33-22-9-7-11-26(18-22)43(40,41)36-30-29(34-27-12-4-5-13-28(27)35-30)32-23-14-20(19-38)15-25(17-23)42-3/h4-18,38H,19H2,1-3H3,(H,32,34)(H,33,39)(H,35,36). The van der Waals surface area contributed by atoms with Gasteiger partial charge in [0.2, 0.25) is 0 Å². The average molecular weight is 599 g/mol. The molecular weight excluding hydrogens is 568 g/mol. The summed E-state index contributed by atoms with van der Waals surface area (Å²) in [4.78, 5) is 23.9. The van der Waals surface area contributed by atoms with Crippen molar-refractivity contribution in [2.24, 2.45) is 0 Å². The molecule has 0 unspecified atom stereocenters. The second-order valence-electron chi connectivity index (χ2n) is 9.79. The number of hydrogen-bond acceptors (Lipinski definition) is 9. The zero-order chi connectivity index (χ0) is 30.6. The van der Waals surface area contributed by atoms with Crippen molar-refractivity contribution >= 4 is 55.7 Å². The molecule has 0 saturated carbocycles. The van der Waals surface area contributed by atoms with Crippen LogP contribution in [-0.4, -0.2) is 50.6 Å². The zero-order valence-electron chi connectivity index (χ0n) is 23.7. The normalized spacial score (nSPS) is 11.2. The van der Waals surface area contributed by atoms with E-state index in [2.05, 4.69) is 25.3 Å². The lowest BCUT2D eigenvalue weighted by Crippen LogP contribution is -2.17. The second-order valence-corrected chi connectivity index (χ2v) is 11.5. The molecule has 0 aliphatic heterocycles. The van der Waals surface area contributed by atoms with Gasteiger partial charge < -0.3 is 25.4 Å². The lowest BCUT2D eigenvalue weighted by molar-refractivity contribution is 0.102. The zero-order valence-corrected chi connectivity index (χ0v) is 24.5. The highest BCUT2D eigenvalue weighted by Crippen LogP contribution is 2.30. The molecule has 0 aliphatic rings. The van der Waals surface area contributed by atoms with Crippen LogP contribution in [0, 0.1) is 0 Å². The van der Waals surface area contributed by atoms with Crippen LogP contribution in [0.15, 0.2) is 95.9 Å². The summed E-state index contributed by atoms with van der Waals surface area (Å²) >= 11 is 0. The van der Waals surface area contributed by atoms with Crippen molar-refractivity contribution in [3.8, 4) is 5.75 Å². The van der Waals surface area contributed by atoms with Crippen molar-refractivity contribution in [1.82, 2.24) is 9.97 Å². The predicted octanol–water partition coefficient (Wildman–Crippen LogP) is 4.99. The molecule has 0 bridgehead atoms. The van der Waals surface area contributed by atoms with Crippen LogP contribution in [0.5, 0.6) is 5.75 Å². The third kappa shape index (κ3) is 6.83. The first-order valence-corrected chi connectivity index (χ1v) is 14.7. The molecule has 1 heterocycles. The van der Waals surface area contributed by atoms with E-state index in [4.69, 9.17) is 4.74 Å². The topological polar surface area (TPSA) is 146 Å². The van der Waals surface area contributed by atoms with Gasteiger partial charge in [-0.2, -0.15) is 0 Å². The number of benzene rings is 4. The number of rotatable bonds is 10. The molecule has 4 aromatic carbocycles. The number of hydrogen-bond donors (Lipinski definition) is 4. The van der Waals surface area contributed by atoms with Crippen LogP contribution < -0.4 is 25.0 Å². The molecule has 5 rings (SSSR count). The van der Waals surface area contributed by atoms with E-state index in [0.29, 0.717) is 39.3 Å². The predicted molar refractivity (Wildman–Crippen MR) is 168 cm³/mol. The molecule has 12 heteroatoms. The average Bonchev–Trinajstić information content (AvgIpc) is 3.01. The number of fused-ring (bicyclic) bond motifs is 1. The number of aromatic nitrogens is 2. The number of methoxy groups -OCH3 is 1. The van der Waals surface area contributed by atoms with Crippen molar-refractivity contribution in [2.45, 2.75) is 11.5 Å². The fraction of sp³-hybridized carbons (Fsp3) is 0.129. The summed E-state index contributed by atoms with van der Waals surface area (Å²) in [5.41, 5.74) is 3.72. The molecule has 0 atom stereocenters. The second kappa shape index (κ2) is 12.3. The first-order valence-electron chi connectivity index (χ1n) is 13.2. The number of aliphatic hydroxyl groups is 1. The molecule has 1 aromatic heterocycles. The molecular formula is C31H30N6O5S. The van der Waals surface area contributed by atoms with E-state index in [9.17, 15) is 18.3 Å². The van der Waals surface area contributed by atoms with E-state index in [-0.39, 0.29) is 29.0 Å². The lowest BCUT2D eigenvalue weighted by atomic mass is 10.1. The maximum absolute atomic E-state index is 13.6. The Morgan fingerprint density at radius 2 is 1.58 bits per heavy atom. The van der Waals surface area contributed by atoms with E-state index in [0.717, 1.165) is 5.69 Å². The SMILES string of the molecule is COc1cc(CO)cc(Nc2nc3ccccc3nc2NS(=O)(=O)c2cccc(NC(=O)c3cccc(N(C)C)c3)c2)c1. The minimum Gasteiger partial charge on any atom is -0.497 e. The Kier molecular flexibility index (Phi) is 8.41. The molecule has 0 aliphatic carbocycles. The third-order valence-corrected chi connectivity index (χ3v) is 7.81. The van der Waals surface area contributed by atoms with Gasteiger partial charge in [0.25, 0.3) is 15.9 Å². The Hall–Kier alpha value is -5.20. The molecule has 0 fully saturated rings. The number of nitrogens with zero attached hydrogens (tertiary/aromatic N) is 3. The number of aliphatic hydroxyl groups excluding tert-OH is 1. The number of amides is 1. The van der Waals surface area contributed by atoms with E-state index in [1.54, 1.807) is 66.7 Å². The van der Waals surface area contributed by atoms with E-state index in [1.165, 1.54) is 25.3 Å².